The molecule has 1 aliphatic rings. The number of amides is 2. The average molecular weight is 249 g/mol. The molecule has 2 atom stereocenters. The molecule has 6 heteroatoms. The molecular formula is C12H15N3O3. The van der Waals surface area contributed by atoms with Gasteiger partial charge >= 0.3 is 12.0 Å². The summed E-state index contributed by atoms with van der Waals surface area (Å²) in [6, 6.07) is 2.69. The number of nitrogens with zero attached hydrogens (tertiary/aromatic N) is 1. The van der Waals surface area contributed by atoms with Crippen LogP contribution in [0.1, 0.15) is 23.8 Å². The summed E-state index contributed by atoms with van der Waals surface area (Å²) in [5.74, 6) is 0.0450. The first-order valence-electron chi connectivity index (χ1n) is 5.81. The lowest BCUT2D eigenvalue weighted by molar-refractivity contribution is 0.0692. The van der Waals surface area contributed by atoms with Gasteiger partial charge in [0.2, 0.25) is 0 Å². The molecule has 0 aliphatic heterocycles. The van der Waals surface area contributed by atoms with Crippen LogP contribution in [0.3, 0.4) is 0 Å². The lowest BCUT2D eigenvalue weighted by atomic mass is 10.3. The van der Waals surface area contributed by atoms with Crippen LogP contribution < -0.4 is 10.6 Å². The standard InChI is InChI=1S/C12H15N3O3/c1-7-5-8(7)6-14-12(18)15-9-3-2-4-13-10(9)11(16)17/h2-4,7-8H,5-6H2,1H3,(H,16,17)(H2,14,15,18). The molecule has 1 aliphatic carbocycles. The SMILES string of the molecule is CC1CC1CNC(=O)Nc1cccnc1C(=O)O. The Morgan fingerprint density at radius 3 is 2.89 bits per heavy atom. The van der Waals surface area contributed by atoms with E-state index in [0.29, 0.717) is 18.4 Å². The number of carbonyl (C=O) groups excluding carboxylic acids is 1. The van der Waals surface area contributed by atoms with Crippen molar-refractivity contribution in [3.8, 4) is 0 Å². The number of carbonyl (C=O) groups is 2. The normalized spacial score (nSPS) is 21.2. The van der Waals surface area contributed by atoms with Gasteiger partial charge in [0.15, 0.2) is 5.69 Å². The minimum Gasteiger partial charge on any atom is -0.476 e. The molecule has 1 saturated carbocycles. The highest BCUT2D eigenvalue weighted by Gasteiger charge is 2.32. The van der Waals surface area contributed by atoms with Gasteiger partial charge in [-0.15, -0.1) is 0 Å². The monoisotopic (exact) mass is 249 g/mol. The van der Waals surface area contributed by atoms with E-state index in [1.165, 1.54) is 12.3 Å². The van der Waals surface area contributed by atoms with E-state index in [2.05, 4.69) is 22.5 Å². The Hall–Kier alpha value is -2.11. The highest BCUT2D eigenvalue weighted by Crippen LogP contribution is 2.36. The van der Waals surface area contributed by atoms with Gasteiger partial charge in [-0.3, -0.25) is 0 Å². The van der Waals surface area contributed by atoms with Gasteiger partial charge in [-0.2, -0.15) is 0 Å². The summed E-state index contributed by atoms with van der Waals surface area (Å²) in [6.07, 6.45) is 2.51. The lowest BCUT2D eigenvalue weighted by Crippen LogP contribution is -2.31. The van der Waals surface area contributed by atoms with Crippen LogP contribution >= 0.6 is 0 Å². The fraction of sp³-hybridized carbons (Fsp3) is 0.417. The smallest absolute Gasteiger partial charge is 0.356 e. The Labute approximate surface area is 104 Å². The second-order valence-electron chi connectivity index (χ2n) is 4.51. The third-order valence-corrected chi connectivity index (χ3v) is 3.06. The minimum atomic E-state index is -1.17. The quantitative estimate of drug-likeness (QED) is 0.755. The van der Waals surface area contributed by atoms with Crippen LogP contribution in [0.2, 0.25) is 0 Å². The summed E-state index contributed by atoms with van der Waals surface area (Å²) < 4.78 is 0. The summed E-state index contributed by atoms with van der Waals surface area (Å²) in [5, 5.41) is 14.1. The van der Waals surface area contributed by atoms with Gasteiger partial charge < -0.3 is 15.7 Å². The van der Waals surface area contributed by atoms with Crippen LogP contribution in [-0.2, 0) is 0 Å². The van der Waals surface area contributed by atoms with E-state index in [9.17, 15) is 9.59 Å². The number of carboxylic acid groups (broad SMARTS) is 1. The number of urea groups is 1. The first kappa shape index (κ1) is 12.3. The van der Waals surface area contributed by atoms with Gasteiger partial charge in [0.05, 0.1) is 5.69 Å². The molecule has 96 valence electrons. The van der Waals surface area contributed by atoms with Crippen LogP contribution in [-0.4, -0.2) is 28.6 Å². The predicted molar refractivity (Wildman–Crippen MR) is 65.5 cm³/mol. The molecule has 3 N–H and O–H groups in total. The van der Waals surface area contributed by atoms with Crippen LogP contribution in [0.15, 0.2) is 18.3 Å². The molecule has 2 amide bonds. The zero-order valence-electron chi connectivity index (χ0n) is 10.0. The summed E-state index contributed by atoms with van der Waals surface area (Å²) in [6.45, 7) is 2.75. The molecule has 0 bridgehead atoms. The number of hydrogen-bond donors (Lipinski definition) is 3. The number of carboxylic acids is 1. The van der Waals surface area contributed by atoms with E-state index in [-0.39, 0.29) is 11.4 Å². The molecular weight excluding hydrogens is 234 g/mol. The topological polar surface area (TPSA) is 91.3 Å². The van der Waals surface area contributed by atoms with E-state index in [0.717, 1.165) is 6.42 Å². The fourth-order valence-electron chi connectivity index (χ4n) is 1.75. The highest BCUT2D eigenvalue weighted by atomic mass is 16.4. The van der Waals surface area contributed by atoms with Crippen molar-refractivity contribution in [1.82, 2.24) is 10.3 Å². The number of aromatic carboxylic acids is 1. The van der Waals surface area contributed by atoms with Gasteiger partial charge in [0.25, 0.3) is 0 Å². The number of hydrogen-bond acceptors (Lipinski definition) is 3. The third-order valence-electron chi connectivity index (χ3n) is 3.06. The molecule has 18 heavy (non-hydrogen) atoms. The molecule has 1 fully saturated rings. The van der Waals surface area contributed by atoms with Gasteiger partial charge in [0.1, 0.15) is 0 Å². The fourth-order valence-corrected chi connectivity index (χ4v) is 1.75. The van der Waals surface area contributed by atoms with Crippen molar-refractivity contribution >= 4 is 17.7 Å². The van der Waals surface area contributed by atoms with Crippen molar-refractivity contribution < 1.29 is 14.7 Å². The van der Waals surface area contributed by atoms with Gasteiger partial charge in [-0.25, -0.2) is 14.6 Å². The Morgan fingerprint density at radius 1 is 1.56 bits per heavy atom. The Morgan fingerprint density at radius 2 is 2.28 bits per heavy atom. The van der Waals surface area contributed by atoms with E-state index in [1.807, 2.05) is 0 Å². The summed E-state index contributed by atoms with van der Waals surface area (Å²) >= 11 is 0. The molecule has 1 heterocycles. The van der Waals surface area contributed by atoms with Crippen LogP contribution in [0, 0.1) is 11.8 Å². The molecule has 1 aromatic rings. The van der Waals surface area contributed by atoms with Crippen molar-refractivity contribution in [2.75, 3.05) is 11.9 Å². The molecule has 1 aromatic heterocycles. The second kappa shape index (κ2) is 5.03. The van der Waals surface area contributed by atoms with Crippen molar-refractivity contribution in [1.29, 1.82) is 0 Å². The van der Waals surface area contributed by atoms with Crippen LogP contribution in [0.4, 0.5) is 10.5 Å². The zero-order valence-corrected chi connectivity index (χ0v) is 10.0. The first-order valence-corrected chi connectivity index (χ1v) is 5.81. The molecule has 2 unspecified atom stereocenters. The number of anilines is 1. The number of nitrogens with one attached hydrogen (secondary N) is 2. The van der Waals surface area contributed by atoms with E-state index in [4.69, 9.17) is 5.11 Å². The number of pyridine rings is 1. The maximum absolute atomic E-state index is 11.6. The van der Waals surface area contributed by atoms with Crippen molar-refractivity contribution in [2.45, 2.75) is 13.3 Å². The Bertz CT molecular complexity index is 475. The maximum atomic E-state index is 11.6. The van der Waals surface area contributed by atoms with Crippen molar-refractivity contribution in [3.05, 3.63) is 24.0 Å². The highest BCUT2D eigenvalue weighted by molar-refractivity contribution is 5.98. The minimum absolute atomic E-state index is 0.160. The van der Waals surface area contributed by atoms with Gasteiger partial charge in [-0.1, -0.05) is 6.92 Å². The summed E-state index contributed by atoms with van der Waals surface area (Å²) in [7, 11) is 0. The van der Waals surface area contributed by atoms with Crippen molar-refractivity contribution in [2.24, 2.45) is 11.8 Å². The van der Waals surface area contributed by atoms with E-state index < -0.39 is 12.0 Å². The van der Waals surface area contributed by atoms with Crippen LogP contribution in [0.25, 0.3) is 0 Å². The summed E-state index contributed by atoms with van der Waals surface area (Å²) in [4.78, 5) is 26.2. The van der Waals surface area contributed by atoms with Crippen LogP contribution in [0.5, 0.6) is 0 Å². The molecule has 0 aromatic carbocycles. The second-order valence-corrected chi connectivity index (χ2v) is 4.51. The summed E-state index contributed by atoms with van der Waals surface area (Å²) in [5.41, 5.74) is 0.0405. The average Bonchev–Trinajstić information content (AvgIpc) is 3.03. The molecule has 0 radical (unpaired) electrons. The lowest BCUT2D eigenvalue weighted by Gasteiger charge is -2.08. The molecule has 6 nitrogen and oxygen atoms in total. The zero-order chi connectivity index (χ0) is 13.1. The predicted octanol–water partition coefficient (Wildman–Crippen LogP) is 1.56. The van der Waals surface area contributed by atoms with Gasteiger partial charge in [-0.05, 0) is 30.4 Å². The van der Waals surface area contributed by atoms with Crippen molar-refractivity contribution in [3.63, 3.8) is 0 Å². The molecule has 2 rings (SSSR count). The number of aromatic nitrogens is 1. The Balaban J connectivity index is 1.92. The third kappa shape index (κ3) is 2.97. The van der Waals surface area contributed by atoms with Gasteiger partial charge in [0, 0.05) is 12.7 Å². The number of rotatable bonds is 4. The largest absolute Gasteiger partial charge is 0.476 e. The molecule has 0 saturated heterocycles. The van der Waals surface area contributed by atoms with E-state index >= 15 is 0 Å². The van der Waals surface area contributed by atoms with E-state index in [1.54, 1.807) is 6.07 Å². The maximum Gasteiger partial charge on any atom is 0.356 e. The molecule has 0 spiro atoms. The first-order chi connectivity index (χ1) is 8.58. The Kier molecular flexibility index (Phi) is 3.45.